The van der Waals surface area contributed by atoms with Crippen molar-refractivity contribution in [2.24, 2.45) is 0 Å². The van der Waals surface area contributed by atoms with Crippen molar-refractivity contribution in [1.82, 2.24) is 10.3 Å². The van der Waals surface area contributed by atoms with Gasteiger partial charge in [0.25, 0.3) is 0 Å². The molecule has 6 heteroatoms. The van der Waals surface area contributed by atoms with Gasteiger partial charge in [0.2, 0.25) is 5.91 Å². The van der Waals surface area contributed by atoms with Crippen LogP contribution in [0.1, 0.15) is 25.0 Å². The van der Waals surface area contributed by atoms with Crippen LogP contribution in [0.2, 0.25) is 0 Å². The second-order valence-corrected chi connectivity index (χ2v) is 8.88. The number of para-hydroxylation sites is 1. The van der Waals surface area contributed by atoms with E-state index >= 15 is 0 Å². The second kappa shape index (κ2) is 10.7. The molecule has 0 radical (unpaired) electrons. The summed E-state index contributed by atoms with van der Waals surface area (Å²) in [5.41, 5.74) is 6.69. The van der Waals surface area contributed by atoms with Gasteiger partial charge in [-0.3, -0.25) is 4.79 Å². The zero-order chi connectivity index (χ0) is 25.8. The summed E-state index contributed by atoms with van der Waals surface area (Å²) in [5.74, 6) is 1.35. The smallest absolute Gasteiger partial charge is 0.244 e. The van der Waals surface area contributed by atoms with Crippen LogP contribution in [-0.4, -0.2) is 31.2 Å². The minimum absolute atomic E-state index is 0.137. The van der Waals surface area contributed by atoms with Gasteiger partial charge in [0.15, 0.2) is 0 Å². The minimum atomic E-state index is -0.137. The first kappa shape index (κ1) is 24.3. The molecule has 0 spiro atoms. The lowest BCUT2D eigenvalue weighted by Gasteiger charge is -2.12. The summed E-state index contributed by atoms with van der Waals surface area (Å²) in [4.78, 5) is 16.1. The molecule has 2 heterocycles. The van der Waals surface area contributed by atoms with Crippen LogP contribution in [0.4, 0.5) is 0 Å². The van der Waals surface area contributed by atoms with E-state index in [1.807, 2.05) is 68.6 Å². The van der Waals surface area contributed by atoms with E-state index in [2.05, 4.69) is 22.4 Å². The van der Waals surface area contributed by atoms with Crippen molar-refractivity contribution < 1.29 is 18.7 Å². The summed E-state index contributed by atoms with van der Waals surface area (Å²) < 4.78 is 17.1. The number of carbonyl (C=O) groups is 1. The van der Waals surface area contributed by atoms with Crippen LogP contribution in [0.15, 0.2) is 83.6 Å². The number of H-pyrrole nitrogens is 1. The number of rotatable bonds is 9. The number of nitrogens with one attached hydrogen (secondary N) is 2. The van der Waals surface area contributed by atoms with E-state index < -0.39 is 0 Å². The molecule has 6 nitrogen and oxygen atoms in total. The Bertz CT molecular complexity index is 1570. The van der Waals surface area contributed by atoms with E-state index in [1.54, 1.807) is 19.4 Å². The number of ether oxygens (including phenoxy) is 2. The lowest BCUT2D eigenvalue weighted by molar-refractivity contribution is -0.116. The molecule has 2 N–H and O–H groups in total. The van der Waals surface area contributed by atoms with E-state index in [4.69, 9.17) is 13.9 Å². The average Bonchev–Trinajstić information content (AvgIpc) is 3.52. The van der Waals surface area contributed by atoms with Crippen LogP contribution in [0, 0.1) is 0 Å². The third-order valence-corrected chi connectivity index (χ3v) is 6.52. The number of methoxy groups -OCH3 is 1. The van der Waals surface area contributed by atoms with Crippen molar-refractivity contribution in [3.8, 4) is 22.6 Å². The minimum Gasteiger partial charge on any atom is -0.497 e. The SMILES string of the molecule is CCOc1cc2occ(-c3ccc(OC)cc3)c2cc1/C(C)=C/C(=O)NCCc1c[nH]c2ccccc12. The molecule has 3 aromatic carbocycles. The van der Waals surface area contributed by atoms with Crippen molar-refractivity contribution >= 4 is 33.4 Å². The average molecular weight is 495 g/mol. The predicted molar refractivity (Wildman–Crippen MR) is 148 cm³/mol. The number of furan rings is 1. The van der Waals surface area contributed by atoms with Gasteiger partial charge in [0, 0.05) is 52.3 Å². The van der Waals surface area contributed by atoms with Crippen molar-refractivity contribution in [1.29, 1.82) is 0 Å². The first-order chi connectivity index (χ1) is 18.1. The number of hydrogen-bond donors (Lipinski definition) is 2. The molecule has 5 aromatic rings. The van der Waals surface area contributed by atoms with Crippen molar-refractivity contribution in [2.45, 2.75) is 20.3 Å². The van der Waals surface area contributed by atoms with Crippen molar-refractivity contribution in [2.75, 3.05) is 20.3 Å². The highest BCUT2D eigenvalue weighted by atomic mass is 16.5. The predicted octanol–water partition coefficient (Wildman–Crippen LogP) is 6.75. The fourth-order valence-electron chi connectivity index (χ4n) is 4.62. The van der Waals surface area contributed by atoms with Gasteiger partial charge in [-0.05, 0) is 61.2 Å². The molecular weight excluding hydrogens is 464 g/mol. The van der Waals surface area contributed by atoms with E-state index in [1.165, 1.54) is 10.9 Å². The number of aromatic amines is 1. The Labute approximate surface area is 215 Å². The largest absolute Gasteiger partial charge is 0.497 e. The number of benzene rings is 3. The molecule has 5 rings (SSSR count). The molecule has 37 heavy (non-hydrogen) atoms. The Morgan fingerprint density at radius 1 is 1.08 bits per heavy atom. The number of hydrogen-bond acceptors (Lipinski definition) is 4. The van der Waals surface area contributed by atoms with Crippen LogP contribution in [0.25, 0.3) is 38.6 Å². The number of aromatic nitrogens is 1. The molecule has 0 aliphatic heterocycles. The van der Waals surface area contributed by atoms with Gasteiger partial charge in [-0.25, -0.2) is 0 Å². The maximum Gasteiger partial charge on any atom is 0.244 e. The summed E-state index contributed by atoms with van der Waals surface area (Å²) >= 11 is 0. The summed E-state index contributed by atoms with van der Waals surface area (Å²) in [5, 5.41) is 5.16. The fraction of sp³-hybridized carbons (Fsp3) is 0.194. The highest BCUT2D eigenvalue weighted by Gasteiger charge is 2.15. The lowest BCUT2D eigenvalue weighted by Crippen LogP contribution is -2.23. The molecule has 2 aromatic heterocycles. The first-order valence-corrected chi connectivity index (χ1v) is 12.4. The van der Waals surface area contributed by atoms with E-state index in [0.717, 1.165) is 50.9 Å². The van der Waals surface area contributed by atoms with Crippen LogP contribution in [0.5, 0.6) is 11.5 Å². The standard InChI is InChI=1S/C31H30N2O4/c1-4-36-29-17-30-26(27(19-37-30)21-9-11-23(35-3)12-10-21)16-25(29)20(2)15-31(34)32-14-13-22-18-33-28-8-6-5-7-24(22)28/h5-12,15-19,33H,4,13-14H2,1-3H3,(H,32,34)/b20-15+. The number of amides is 1. The molecule has 0 aliphatic rings. The topological polar surface area (TPSA) is 76.5 Å². The third-order valence-electron chi connectivity index (χ3n) is 6.52. The quantitative estimate of drug-likeness (QED) is 0.222. The summed E-state index contributed by atoms with van der Waals surface area (Å²) in [7, 11) is 1.65. The molecule has 0 atom stereocenters. The van der Waals surface area contributed by atoms with Gasteiger partial charge in [-0.2, -0.15) is 0 Å². The normalized spacial score (nSPS) is 11.7. The fourth-order valence-corrected chi connectivity index (χ4v) is 4.62. The van der Waals surface area contributed by atoms with Crippen LogP contribution in [0.3, 0.4) is 0 Å². The van der Waals surface area contributed by atoms with E-state index in [-0.39, 0.29) is 5.91 Å². The first-order valence-electron chi connectivity index (χ1n) is 12.4. The Kier molecular flexibility index (Phi) is 6.99. The monoisotopic (exact) mass is 494 g/mol. The van der Waals surface area contributed by atoms with Crippen LogP contribution < -0.4 is 14.8 Å². The molecular formula is C31H30N2O4. The third kappa shape index (κ3) is 5.09. The Balaban J connectivity index is 1.37. The van der Waals surface area contributed by atoms with Gasteiger partial charge in [-0.1, -0.05) is 30.3 Å². The Morgan fingerprint density at radius 3 is 2.68 bits per heavy atom. The van der Waals surface area contributed by atoms with Gasteiger partial charge in [0.05, 0.1) is 20.0 Å². The van der Waals surface area contributed by atoms with E-state index in [9.17, 15) is 4.79 Å². The van der Waals surface area contributed by atoms with Gasteiger partial charge in [-0.15, -0.1) is 0 Å². The Hall–Kier alpha value is -4.45. The number of carbonyl (C=O) groups excluding carboxylic acids is 1. The number of fused-ring (bicyclic) bond motifs is 2. The van der Waals surface area contributed by atoms with Gasteiger partial charge < -0.3 is 24.2 Å². The summed E-state index contributed by atoms with van der Waals surface area (Å²) in [6, 6.07) is 20.0. The molecule has 0 aliphatic carbocycles. The zero-order valence-corrected chi connectivity index (χ0v) is 21.3. The van der Waals surface area contributed by atoms with E-state index in [0.29, 0.717) is 18.9 Å². The second-order valence-electron chi connectivity index (χ2n) is 8.88. The summed E-state index contributed by atoms with van der Waals surface area (Å²) in [6.07, 6.45) is 6.14. The lowest BCUT2D eigenvalue weighted by atomic mass is 9.99. The summed E-state index contributed by atoms with van der Waals surface area (Å²) in [6.45, 7) is 4.92. The van der Waals surface area contributed by atoms with Crippen molar-refractivity contribution in [3.63, 3.8) is 0 Å². The number of allylic oxidation sites excluding steroid dienone is 1. The van der Waals surface area contributed by atoms with Gasteiger partial charge >= 0.3 is 0 Å². The molecule has 0 unspecified atom stereocenters. The Morgan fingerprint density at radius 2 is 1.89 bits per heavy atom. The zero-order valence-electron chi connectivity index (χ0n) is 21.3. The molecule has 1 amide bonds. The van der Waals surface area contributed by atoms with Crippen LogP contribution in [-0.2, 0) is 11.2 Å². The maximum absolute atomic E-state index is 12.8. The van der Waals surface area contributed by atoms with Crippen LogP contribution >= 0.6 is 0 Å². The highest BCUT2D eigenvalue weighted by molar-refractivity contribution is 6.00. The van der Waals surface area contributed by atoms with Gasteiger partial charge in [0.1, 0.15) is 17.1 Å². The molecule has 0 fully saturated rings. The molecule has 188 valence electrons. The molecule has 0 saturated heterocycles. The molecule has 0 saturated carbocycles. The maximum atomic E-state index is 12.8. The highest BCUT2D eigenvalue weighted by Crippen LogP contribution is 2.38. The molecule has 0 bridgehead atoms. The van der Waals surface area contributed by atoms with Crippen molar-refractivity contribution in [3.05, 3.63) is 90.3 Å².